The molecule has 2 aromatic rings. The zero-order valence-corrected chi connectivity index (χ0v) is 14.5. The normalized spacial score (nSPS) is 13.7. The van der Waals surface area contributed by atoms with Gasteiger partial charge in [-0.05, 0) is 36.1 Å². The van der Waals surface area contributed by atoms with Crippen molar-refractivity contribution in [3.05, 3.63) is 59.1 Å². The van der Waals surface area contributed by atoms with E-state index in [0.717, 1.165) is 11.1 Å². The van der Waals surface area contributed by atoms with Crippen LogP contribution in [0.1, 0.15) is 31.1 Å². The molecule has 0 aliphatic heterocycles. The fourth-order valence-corrected chi connectivity index (χ4v) is 2.47. The van der Waals surface area contributed by atoms with Gasteiger partial charge in [-0.2, -0.15) is 0 Å². The number of carbonyl (C=O) groups excluding carboxylic acids is 1. The average molecular weight is 331 g/mol. The number of halogens is 1. The fraction of sp³-hybridized carbons (Fsp3) is 0.316. The highest BCUT2D eigenvalue weighted by atomic mass is 35.5. The topological polar surface area (TPSA) is 55.1 Å². The third-order valence-electron chi connectivity index (χ3n) is 4.42. The van der Waals surface area contributed by atoms with E-state index >= 15 is 0 Å². The van der Waals surface area contributed by atoms with E-state index < -0.39 is 5.54 Å². The Labute approximate surface area is 142 Å². The van der Waals surface area contributed by atoms with Crippen molar-refractivity contribution in [2.24, 2.45) is 11.7 Å². The zero-order chi connectivity index (χ0) is 17.0. The maximum Gasteiger partial charge on any atom is 0.253 e. The van der Waals surface area contributed by atoms with Gasteiger partial charge in [-0.15, -0.1) is 0 Å². The van der Waals surface area contributed by atoms with Crippen molar-refractivity contribution >= 4 is 17.5 Å². The first-order valence-corrected chi connectivity index (χ1v) is 8.12. The van der Waals surface area contributed by atoms with Gasteiger partial charge in [-0.25, -0.2) is 0 Å². The molecule has 122 valence electrons. The number of nitrogens with one attached hydrogen (secondary N) is 1. The van der Waals surface area contributed by atoms with Crippen molar-refractivity contribution in [2.45, 2.75) is 26.3 Å². The highest BCUT2D eigenvalue weighted by molar-refractivity contribution is 6.34. The van der Waals surface area contributed by atoms with E-state index in [1.165, 1.54) is 0 Å². The summed E-state index contributed by atoms with van der Waals surface area (Å²) in [6.07, 6.45) is 0. The van der Waals surface area contributed by atoms with Crippen LogP contribution in [0.25, 0.3) is 11.1 Å². The maximum absolute atomic E-state index is 12.7. The number of hydrogen-bond acceptors (Lipinski definition) is 2. The number of rotatable bonds is 5. The molecule has 4 heteroatoms. The van der Waals surface area contributed by atoms with Gasteiger partial charge < -0.3 is 11.1 Å². The van der Waals surface area contributed by atoms with Crippen molar-refractivity contribution < 1.29 is 4.79 Å². The van der Waals surface area contributed by atoms with Crippen molar-refractivity contribution in [3.8, 4) is 11.1 Å². The van der Waals surface area contributed by atoms with Crippen LogP contribution in [0.4, 0.5) is 0 Å². The van der Waals surface area contributed by atoms with Crippen LogP contribution in [0.2, 0.25) is 5.02 Å². The van der Waals surface area contributed by atoms with Crippen molar-refractivity contribution in [1.29, 1.82) is 0 Å². The molecule has 0 bridgehead atoms. The van der Waals surface area contributed by atoms with Crippen LogP contribution < -0.4 is 11.1 Å². The average Bonchev–Trinajstić information content (AvgIpc) is 2.55. The van der Waals surface area contributed by atoms with E-state index in [4.69, 9.17) is 17.3 Å². The van der Waals surface area contributed by atoms with Crippen molar-refractivity contribution in [1.82, 2.24) is 5.32 Å². The summed E-state index contributed by atoms with van der Waals surface area (Å²) in [5.41, 5.74) is 7.85. The van der Waals surface area contributed by atoms with Crippen LogP contribution in [-0.2, 0) is 0 Å². The predicted octanol–water partition coefficient (Wildman–Crippen LogP) is 4.11. The fourth-order valence-electron chi connectivity index (χ4n) is 2.27. The second-order valence-corrected chi connectivity index (χ2v) is 6.70. The molecule has 0 aromatic heterocycles. The standard InChI is InChI=1S/C19H23ClN2O/c1-13(2)19(3,12-21)22-18(23)16-11-15(9-10-17(16)20)14-7-5-4-6-8-14/h4-11,13H,12,21H2,1-3H3,(H,22,23). The molecule has 3 nitrogen and oxygen atoms in total. The Morgan fingerprint density at radius 1 is 1.17 bits per heavy atom. The summed E-state index contributed by atoms with van der Waals surface area (Å²) < 4.78 is 0. The Bertz CT molecular complexity index is 685. The number of carbonyl (C=O) groups is 1. The van der Waals surface area contributed by atoms with Gasteiger partial charge in [0.15, 0.2) is 0 Å². The van der Waals surface area contributed by atoms with Gasteiger partial charge in [0.25, 0.3) is 5.91 Å². The highest BCUT2D eigenvalue weighted by Crippen LogP contribution is 2.26. The SMILES string of the molecule is CC(C)C(C)(CN)NC(=O)c1cc(-c2ccccc2)ccc1Cl. The first kappa shape index (κ1) is 17.5. The Morgan fingerprint density at radius 2 is 1.83 bits per heavy atom. The smallest absolute Gasteiger partial charge is 0.253 e. The molecule has 1 unspecified atom stereocenters. The first-order chi connectivity index (χ1) is 10.9. The van der Waals surface area contributed by atoms with Gasteiger partial charge in [0.2, 0.25) is 0 Å². The third-order valence-corrected chi connectivity index (χ3v) is 4.75. The van der Waals surface area contributed by atoms with Gasteiger partial charge >= 0.3 is 0 Å². The third kappa shape index (κ3) is 3.92. The van der Waals surface area contributed by atoms with Crippen molar-refractivity contribution in [3.63, 3.8) is 0 Å². The summed E-state index contributed by atoms with van der Waals surface area (Å²) in [6.45, 7) is 6.39. The van der Waals surface area contributed by atoms with E-state index in [1.54, 1.807) is 6.07 Å². The monoisotopic (exact) mass is 330 g/mol. The Morgan fingerprint density at radius 3 is 2.39 bits per heavy atom. The van der Waals surface area contributed by atoms with Crippen LogP contribution in [0.15, 0.2) is 48.5 Å². The summed E-state index contributed by atoms with van der Waals surface area (Å²) in [4.78, 5) is 12.7. The summed E-state index contributed by atoms with van der Waals surface area (Å²) in [5, 5.41) is 3.47. The van der Waals surface area contributed by atoms with E-state index in [2.05, 4.69) is 5.32 Å². The van der Waals surface area contributed by atoms with Gasteiger partial charge in [0.1, 0.15) is 0 Å². The first-order valence-electron chi connectivity index (χ1n) is 7.75. The Hall–Kier alpha value is -1.84. The molecule has 23 heavy (non-hydrogen) atoms. The minimum Gasteiger partial charge on any atom is -0.345 e. The predicted molar refractivity (Wildman–Crippen MR) is 96.7 cm³/mol. The summed E-state index contributed by atoms with van der Waals surface area (Å²) >= 11 is 6.24. The van der Waals surface area contributed by atoms with Gasteiger partial charge in [-0.1, -0.05) is 61.8 Å². The Balaban J connectivity index is 2.34. The molecular weight excluding hydrogens is 308 g/mol. The van der Waals surface area contributed by atoms with Crippen molar-refractivity contribution in [2.75, 3.05) is 6.54 Å². The maximum atomic E-state index is 12.7. The molecule has 1 amide bonds. The second-order valence-electron chi connectivity index (χ2n) is 6.29. The molecule has 0 saturated heterocycles. The largest absolute Gasteiger partial charge is 0.345 e. The van der Waals surface area contributed by atoms with Gasteiger partial charge in [-0.3, -0.25) is 4.79 Å². The number of benzene rings is 2. The lowest BCUT2D eigenvalue weighted by atomic mass is 9.88. The molecule has 0 saturated carbocycles. The van der Waals surface area contributed by atoms with Gasteiger partial charge in [0, 0.05) is 6.54 Å². The number of nitrogens with two attached hydrogens (primary N) is 1. The number of hydrogen-bond donors (Lipinski definition) is 2. The van der Waals surface area contributed by atoms with Crippen LogP contribution in [-0.4, -0.2) is 18.0 Å². The lowest BCUT2D eigenvalue weighted by Gasteiger charge is -2.33. The minimum atomic E-state index is -0.469. The van der Waals surface area contributed by atoms with E-state index in [9.17, 15) is 4.79 Å². The Kier molecular flexibility index (Phi) is 5.45. The molecule has 2 aromatic carbocycles. The summed E-state index contributed by atoms with van der Waals surface area (Å²) in [5.74, 6) is 0.0157. The molecule has 0 radical (unpaired) electrons. The quantitative estimate of drug-likeness (QED) is 0.866. The lowest BCUT2D eigenvalue weighted by Crippen LogP contribution is -2.55. The molecule has 3 N–H and O–H groups in total. The van der Waals surface area contributed by atoms with E-state index in [-0.39, 0.29) is 11.8 Å². The van der Waals surface area contributed by atoms with Crippen LogP contribution in [0.5, 0.6) is 0 Å². The van der Waals surface area contributed by atoms with Crippen LogP contribution in [0.3, 0.4) is 0 Å². The zero-order valence-electron chi connectivity index (χ0n) is 13.8. The van der Waals surface area contributed by atoms with Crippen LogP contribution in [0, 0.1) is 5.92 Å². The molecular formula is C19H23ClN2O. The highest BCUT2D eigenvalue weighted by Gasteiger charge is 2.29. The molecule has 0 heterocycles. The minimum absolute atomic E-state index is 0.200. The lowest BCUT2D eigenvalue weighted by molar-refractivity contribution is 0.0883. The van der Waals surface area contributed by atoms with E-state index in [0.29, 0.717) is 17.1 Å². The molecule has 0 aliphatic rings. The summed E-state index contributed by atoms with van der Waals surface area (Å²) in [7, 11) is 0. The summed E-state index contributed by atoms with van der Waals surface area (Å²) in [6, 6.07) is 15.4. The molecule has 0 fully saturated rings. The second kappa shape index (κ2) is 7.16. The molecule has 0 spiro atoms. The van der Waals surface area contributed by atoms with Gasteiger partial charge in [0.05, 0.1) is 16.1 Å². The number of amides is 1. The van der Waals surface area contributed by atoms with E-state index in [1.807, 2.05) is 63.2 Å². The molecule has 1 atom stereocenters. The molecule has 2 rings (SSSR count). The van der Waals surface area contributed by atoms with Crippen LogP contribution >= 0.6 is 11.6 Å². The molecule has 0 aliphatic carbocycles.